The van der Waals surface area contributed by atoms with Crippen LogP contribution >= 0.6 is 0 Å². The molecule has 1 heterocycles. The van der Waals surface area contributed by atoms with Crippen LogP contribution in [0.25, 0.3) is 5.57 Å². The van der Waals surface area contributed by atoms with Crippen LogP contribution in [0, 0.1) is 0 Å². The first kappa shape index (κ1) is 21.4. The molecule has 1 aliphatic heterocycles. The largest absolute Gasteiger partial charge is 0.507 e. The number of hydroxylamine groups is 2. The number of hydrogen-bond donors (Lipinski definition) is 2. The van der Waals surface area contributed by atoms with Gasteiger partial charge in [0.1, 0.15) is 18.1 Å². The summed E-state index contributed by atoms with van der Waals surface area (Å²) in [6, 6.07) is 7.38. The summed E-state index contributed by atoms with van der Waals surface area (Å²) in [5.41, 5.74) is 2.57. The van der Waals surface area contributed by atoms with E-state index in [1.54, 1.807) is 6.92 Å². The van der Waals surface area contributed by atoms with E-state index in [1.165, 1.54) is 0 Å². The van der Waals surface area contributed by atoms with Gasteiger partial charge >= 0.3 is 5.97 Å². The Morgan fingerprint density at radius 1 is 1.10 bits per heavy atom. The van der Waals surface area contributed by atoms with E-state index in [9.17, 15) is 24.6 Å². The van der Waals surface area contributed by atoms with Crippen molar-refractivity contribution >= 4 is 29.0 Å². The van der Waals surface area contributed by atoms with Gasteiger partial charge in [0, 0.05) is 37.2 Å². The highest BCUT2D eigenvalue weighted by atomic mass is 16.7. The summed E-state index contributed by atoms with van der Waals surface area (Å²) in [7, 11) is 0. The average molecular weight is 416 g/mol. The molecule has 2 aliphatic rings. The zero-order valence-electron chi connectivity index (χ0n) is 16.9. The molecule has 0 aromatic heterocycles. The number of nitrogens with zero attached hydrogens (tertiary/aromatic N) is 2. The molecule has 1 fully saturated rings. The van der Waals surface area contributed by atoms with Gasteiger partial charge < -0.3 is 24.7 Å². The molecule has 0 bridgehead atoms. The first-order valence-corrected chi connectivity index (χ1v) is 9.67. The Hall–Kier alpha value is -3.33. The second-order valence-corrected chi connectivity index (χ2v) is 6.92. The average Bonchev–Trinajstić information content (AvgIpc) is 3.06. The minimum atomic E-state index is -0.803. The molecule has 1 saturated heterocycles. The predicted molar refractivity (Wildman–Crippen MR) is 107 cm³/mol. The van der Waals surface area contributed by atoms with E-state index in [-0.39, 0.29) is 37.6 Å². The van der Waals surface area contributed by atoms with Crippen LogP contribution in [0.3, 0.4) is 0 Å². The number of imide groups is 1. The van der Waals surface area contributed by atoms with Crippen molar-refractivity contribution in [1.29, 1.82) is 0 Å². The third kappa shape index (κ3) is 4.30. The lowest BCUT2D eigenvalue weighted by molar-refractivity contribution is -0.200. The summed E-state index contributed by atoms with van der Waals surface area (Å²) in [6.45, 7) is 4.70. The number of hydrogen-bond acceptors (Lipinski definition) is 8. The lowest BCUT2D eigenvalue weighted by Crippen LogP contribution is -2.34. The van der Waals surface area contributed by atoms with Crippen molar-refractivity contribution in [3.8, 4) is 0 Å². The summed E-state index contributed by atoms with van der Waals surface area (Å²) in [5.74, 6) is -1.66. The number of ether oxygens (including phenoxy) is 1. The van der Waals surface area contributed by atoms with Crippen LogP contribution < -0.4 is 4.90 Å². The predicted octanol–water partition coefficient (Wildman–Crippen LogP) is 2.25. The van der Waals surface area contributed by atoms with E-state index in [0.29, 0.717) is 29.3 Å². The molecule has 2 N–H and O–H groups in total. The van der Waals surface area contributed by atoms with Crippen LogP contribution in [0.15, 0.2) is 41.4 Å². The minimum absolute atomic E-state index is 0.0453. The third-order valence-electron chi connectivity index (χ3n) is 5.01. The molecule has 1 aromatic carbocycles. The van der Waals surface area contributed by atoms with Crippen LogP contribution in [0.5, 0.6) is 0 Å². The van der Waals surface area contributed by atoms with E-state index in [0.717, 1.165) is 11.3 Å². The van der Waals surface area contributed by atoms with Gasteiger partial charge in [-0.15, -0.1) is 5.06 Å². The number of benzene rings is 1. The molecule has 9 nitrogen and oxygen atoms in total. The first-order valence-electron chi connectivity index (χ1n) is 9.67. The molecule has 0 saturated carbocycles. The zero-order chi connectivity index (χ0) is 21.8. The molecule has 2 amide bonds. The van der Waals surface area contributed by atoms with E-state index in [4.69, 9.17) is 9.57 Å². The second-order valence-electron chi connectivity index (χ2n) is 6.92. The number of allylic oxidation sites excluding steroid dienone is 2. The number of amides is 2. The van der Waals surface area contributed by atoms with Crippen LogP contribution in [0.4, 0.5) is 5.69 Å². The molecule has 1 aliphatic carbocycles. The van der Waals surface area contributed by atoms with Gasteiger partial charge in [-0.05, 0) is 31.5 Å². The molecule has 0 radical (unpaired) electrons. The molecular weight excluding hydrogens is 392 g/mol. The van der Waals surface area contributed by atoms with Crippen molar-refractivity contribution < 1.29 is 34.2 Å². The second kappa shape index (κ2) is 9.00. The van der Waals surface area contributed by atoms with E-state index in [1.807, 2.05) is 36.1 Å². The van der Waals surface area contributed by atoms with Gasteiger partial charge in [-0.1, -0.05) is 12.1 Å². The highest BCUT2D eigenvalue weighted by Crippen LogP contribution is 2.38. The molecule has 0 unspecified atom stereocenters. The normalized spacial score (nSPS) is 16.3. The Kier molecular flexibility index (Phi) is 6.41. The Morgan fingerprint density at radius 3 is 2.30 bits per heavy atom. The molecule has 0 atom stereocenters. The number of carbonyl (C=O) groups excluding carboxylic acids is 3. The summed E-state index contributed by atoms with van der Waals surface area (Å²) in [5, 5.41) is 20.3. The molecule has 9 heteroatoms. The standard InChI is InChI=1S/C21H24N2O7/c1-3-22(10-11-29-12-18(26)30-23-16(24)8-9-17(23)25)15-6-4-14(5-7-15)19-20(27)13(2)21(19)28/h4-7,27-28H,3,8-12H2,1-2H3. The topological polar surface area (TPSA) is 117 Å². The Labute approximate surface area is 173 Å². The minimum Gasteiger partial charge on any atom is -0.507 e. The molecule has 30 heavy (non-hydrogen) atoms. The van der Waals surface area contributed by atoms with Crippen molar-refractivity contribution in [2.45, 2.75) is 26.7 Å². The number of likely N-dealkylation sites (N-methyl/N-ethyl adjacent to an activating group) is 1. The number of rotatable bonds is 9. The Bertz CT molecular complexity index is 902. The SMILES string of the molecule is CCN(CCOCC(=O)ON1C(=O)CCC1=O)c1ccc(C2=C(O)C(C)=C2O)cc1. The lowest BCUT2D eigenvalue weighted by atomic mass is 9.89. The van der Waals surface area contributed by atoms with Gasteiger partial charge in [0.2, 0.25) is 0 Å². The molecule has 3 rings (SSSR count). The summed E-state index contributed by atoms with van der Waals surface area (Å²) in [4.78, 5) is 41.3. The summed E-state index contributed by atoms with van der Waals surface area (Å²) in [6.07, 6.45) is 0.0905. The molecular formula is C21H24N2O7. The Balaban J connectivity index is 1.46. The smallest absolute Gasteiger partial charge is 0.358 e. The summed E-state index contributed by atoms with van der Waals surface area (Å²) >= 11 is 0. The molecule has 0 spiro atoms. The highest BCUT2D eigenvalue weighted by Gasteiger charge is 2.32. The van der Waals surface area contributed by atoms with Crippen LogP contribution in [-0.4, -0.2) is 59.4 Å². The van der Waals surface area contributed by atoms with Gasteiger partial charge in [-0.3, -0.25) is 9.59 Å². The number of carbonyl (C=O) groups is 3. The highest BCUT2D eigenvalue weighted by molar-refractivity contribution is 6.01. The van der Waals surface area contributed by atoms with Crippen molar-refractivity contribution in [1.82, 2.24) is 5.06 Å². The quantitative estimate of drug-likeness (QED) is 0.465. The lowest BCUT2D eigenvalue weighted by Gasteiger charge is -2.25. The van der Waals surface area contributed by atoms with E-state index < -0.39 is 17.8 Å². The monoisotopic (exact) mass is 416 g/mol. The zero-order valence-corrected chi connectivity index (χ0v) is 16.9. The van der Waals surface area contributed by atoms with Gasteiger partial charge in [0.05, 0.1) is 12.2 Å². The molecule has 1 aromatic rings. The van der Waals surface area contributed by atoms with Crippen molar-refractivity contribution in [3.63, 3.8) is 0 Å². The van der Waals surface area contributed by atoms with E-state index >= 15 is 0 Å². The van der Waals surface area contributed by atoms with Crippen molar-refractivity contribution in [3.05, 3.63) is 46.9 Å². The fourth-order valence-corrected chi connectivity index (χ4v) is 3.24. The third-order valence-corrected chi connectivity index (χ3v) is 5.01. The number of aliphatic hydroxyl groups excluding tert-OH is 2. The van der Waals surface area contributed by atoms with Crippen LogP contribution in [0.1, 0.15) is 32.3 Å². The maximum atomic E-state index is 11.7. The Morgan fingerprint density at radius 2 is 1.73 bits per heavy atom. The van der Waals surface area contributed by atoms with Crippen molar-refractivity contribution in [2.24, 2.45) is 0 Å². The number of anilines is 1. The van der Waals surface area contributed by atoms with Gasteiger partial charge in [-0.25, -0.2) is 4.79 Å². The molecule has 160 valence electrons. The summed E-state index contributed by atoms with van der Waals surface area (Å²) < 4.78 is 5.31. The fraction of sp³-hybridized carbons (Fsp3) is 0.381. The van der Waals surface area contributed by atoms with Crippen LogP contribution in [0.2, 0.25) is 0 Å². The van der Waals surface area contributed by atoms with Gasteiger partial charge in [0.15, 0.2) is 0 Å². The first-order chi connectivity index (χ1) is 14.3. The number of aliphatic hydroxyl groups is 2. The van der Waals surface area contributed by atoms with Crippen LogP contribution in [-0.2, 0) is 24.0 Å². The maximum absolute atomic E-state index is 11.7. The fourth-order valence-electron chi connectivity index (χ4n) is 3.24. The van der Waals surface area contributed by atoms with Gasteiger partial charge in [-0.2, -0.15) is 0 Å². The van der Waals surface area contributed by atoms with E-state index in [2.05, 4.69) is 0 Å². The van der Waals surface area contributed by atoms with Crippen molar-refractivity contribution in [2.75, 3.05) is 31.2 Å². The maximum Gasteiger partial charge on any atom is 0.358 e. The van der Waals surface area contributed by atoms with Gasteiger partial charge in [0.25, 0.3) is 11.8 Å².